The lowest BCUT2D eigenvalue weighted by molar-refractivity contribution is -0.116. The van der Waals surface area contributed by atoms with Crippen LogP contribution in [0.2, 0.25) is 0 Å². The number of carbonyl (C=O) groups excluding carboxylic acids is 1. The molecular weight excluding hydrogens is 204 g/mol. The van der Waals surface area contributed by atoms with E-state index in [0.29, 0.717) is 5.56 Å². The summed E-state index contributed by atoms with van der Waals surface area (Å²) < 4.78 is 4.96. The standard InChI is InChI=1S/C10H11ClO3/c1-6(12)9(11)7-4-3-5-8(13)10(7)14-2/h3-5,9,13H,1-2H3. The van der Waals surface area contributed by atoms with Crippen molar-refractivity contribution in [2.24, 2.45) is 0 Å². The van der Waals surface area contributed by atoms with Crippen molar-refractivity contribution in [1.29, 1.82) is 0 Å². The predicted molar refractivity (Wildman–Crippen MR) is 53.9 cm³/mol. The number of ether oxygens (including phenoxy) is 1. The van der Waals surface area contributed by atoms with Crippen LogP contribution in [0.15, 0.2) is 18.2 Å². The molecule has 1 atom stereocenters. The fourth-order valence-electron chi connectivity index (χ4n) is 1.18. The van der Waals surface area contributed by atoms with Crippen LogP contribution >= 0.6 is 11.6 Å². The Hall–Kier alpha value is -1.22. The Bertz CT molecular complexity index is 349. The van der Waals surface area contributed by atoms with Crippen molar-refractivity contribution in [2.75, 3.05) is 7.11 Å². The van der Waals surface area contributed by atoms with Crippen LogP contribution in [0, 0.1) is 0 Å². The minimum Gasteiger partial charge on any atom is -0.504 e. The van der Waals surface area contributed by atoms with Crippen LogP contribution in [0.5, 0.6) is 11.5 Å². The van der Waals surface area contributed by atoms with Crippen molar-refractivity contribution in [3.63, 3.8) is 0 Å². The number of rotatable bonds is 3. The molecule has 0 radical (unpaired) electrons. The first-order valence-electron chi connectivity index (χ1n) is 4.08. The molecule has 76 valence electrons. The van der Waals surface area contributed by atoms with Gasteiger partial charge < -0.3 is 9.84 Å². The van der Waals surface area contributed by atoms with Crippen LogP contribution in [0.4, 0.5) is 0 Å². The molecule has 1 aromatic rings. The quantitative estimate of drug-likeness (QED) is 0.786. The smallest absolute Gasteiger partial charge is 0.165 e. The number of ketones is 1. The first kappa shape index (κ1) is 10.9. The van der Waals surface area contributed by atoms with Crippen molar-refractivity contribution >= 4 is 17.4 Å². The lowest BCUT2D eigenvalue weighted by Crippen LogP contribution is -2.03. The van der Waals surface area contributed by atoms with Gasteiger partial charge in [0, 0.05) is 5.56 Å². The molecule has 0 saturated carbocycles. The summed E-state index contributed by atoms with van der Waals surface area (Å²) in [7, 11) is 1.42. The van der Waals surface area contributed by atoms with Gasteiger partial charge in [-0.05, 0) is 13.0 Å². The molecule has 0 heterocycles. The molecule has 1 N–H and O–H groups in total. The molecule has 0 aliphatic rings. The molecule has 1 aromatic carbocycles. The minimum absolute atomic E-state index is 0.0168. The van der Waals surface area contributed by atoms with E-state index < -0.39 is 5.38 Å². The fourth-order valence-corrected chi connectivity index (χ4v) is 1.36. The molecule has 14 heavy (non-hydrogen) atoms. The molecule has 0 aliphatic heterocycles. The molecule has 0 amide bonds. The molecule has 0 aliphatic carbocycles. The number of hydrogen-bond acceptors (Lipinski definition) is 3. The SMILES string of the molecule is COc1c(O)cccc1C(Cl)C(C)=O. The van der Waals surface area contributed by atoms with Crippen LogP contribution in [-0.2, 0) is 4.79 Å². The fraction of sp³-hybridized carbons (Fsp3) is 0.300. The van der Waals surface area contributed by atoms with Crippen molar-refractivity contribution in [3.8, 4) is 11.5 Å². The number of aromatic hydroxyl groups is 1. The summed E-state index contributed by atoms with van der Waals surface area (Å²) in [6.45, 7) is 1.39. The lowest BCUT2D eigenvalue weighted by Gasteiger charge is -2.12. The Morgan fingerprint density at radius 2 is 2.21 bits per heavy atom. The summed E-state index contributed by atoms with van der Waals surface area (Å²) in [6.07, 6.45) is 0. The van der Waals surface area contributed by atoms with Gasteiger partial charge in [0.05, 0.1) is 7.11 Å². The second kappa shape index (κ2) is 4.33. The lowest BCUT2D eigenvalue weighted by atomic mass is 10.1. The van der Waals surface area contributed by atoms with Crippen LogP contribution in [-0.4, -0.2) is 18.0 Å². The minimum atomic E-state index is -0.781. The highest BCUT2D eigenvalue weighted by atomic mass is 35.5. The van der Waals surface area contributed by atoms with E-state index in [-0.39, 0.29) is 17.3 Å². The highest BCUT2D eigenvalue weighted by molar-refractivity contribution is 6.31. The third kappa shape index (κ3) is 1.99. The van der Waals surface area contributed by atoms with E-state index in [2.05, 4.69) is 0 Å². The molecule has 4 heteroatoms. The molecule has 1 rings (SSSR count). The van der Waals surface area contributed by atoms with Gasteiger partial charge in [0.2, 0.25) is 0 Å². The van der Waals surface area contributed by atoms with E-state index in [9.17, 15) is 9.90 Å². The van der Waals surface area contributed by atoms with Crippen molar-refractivity contribution in [1.82, 2.24) is 0 Å². The van der Waals surface area contributed by atoms with Crippen molar-refractivity contribution < 1.29 is 14.6 Å². The topological polar surface area (TPSA) is 46.5 Å². The molecule has 0 aromatic heterocycles. The second-order valence-electron chi connectivity index (χ2n) is 2.87. The number of Topliss-reactive ketones (excluding diaryl/α,β-unsaturated/α-hetero) is 1. The summed E-state index contributed by atoms with van der Waals surface area (Å²) >= 11 is 5.86. The number of phenols is 1. The largest absolute Gasteiger partial charge is 0.504 e. The number of hydrogen-bond donors (Lipinski definition) is 1. The highest BCUT2D eigenvalue weighted by Crippen LogP contribution is 2.36. The number of methoxy groups -OCH3 is 1. The zero-order chi connectivity index (χ0) is 10.7. The van der Waals surface area contributed by atoms with Gasteiger partial charge in [-0.25, -0.2) is 0 Å². The molecule has 3 nitrogen and oxygen atoms in total. The molecule has 0 fully saturated rings. The molecular formula is C10H11ClO3. The molecule has 1 unspecified atom stereocenters. The average Bonchev–Trinajstić information content (AvgIpc) is 2.16. The summed E-state index contributed by atoms with van der Waals surface area (Å²) in [6, 6.07) is 4.75. The highest BCUT2D eigenvalue weighted by Gasteiger charge is 2.19. The summed E-state index contributed by atoms with van der Waals surface area (Å²) in [5.74, 6) is 0.0511. The normalized spacial score (nSPS) is 12.2. The van der Waals surface area contributed by atoms with E-state index in [1.54, 1.807) is 12.1 Å². The summed E-state index contributed by atoms with van der Waals surface area (Å²) in [4.78, 5) is 11.1. The van der Waals surface area contributed by atoms with Crippen LogP contribution in [0.1, 0.15) is 17.9 Å². The second-order valence-corrected chi connectivity index (χ2v) is 3.31. The summed E-state index contributed by atoms with van der Waals surface area (Å²) in [5.41, 5.74) is 0.488. The Balaban J connectivity index is 3.20. The zero-order valence-electron chi connectivity index (χ0n) is 7.95. The molecule has 0 bridgehead atoms. The van der Waals surface area contributed by atoms with Crippen LogP contribution < -0.4 is 4.74 Å². The number of alkyl halides is 1. The van der Waals surface area contributed by atoms with Gasteiger partial charge in [0.25, 0.3) is 0 Å². The maximum Gasteiger partial charge on any atom is 0.165 e. The number of halogens is 1. The average molecular weight is 215 g/mol. The summed E-state index contributed by atoms with van der Waals surface area (Å²) in [5, 5.41) is 8.65. The Labute approximate surface area is 87.3 Å². The van der Waals surface area contributed by atoms with Crippen LogP contribution in [0.3, 0.4) is 0 Å². The van der Waals surface area contributed by atoms with E-state index in [1.165, 1.54) is 20.1 Å². The van der Waals surface area contributed by atoms with Gasteiger partial charge in [-0.3, -0.25) is 4.79 Å². The zero-order valence-corrected chi connectivity index (χ0v) is 8.71. The van der Waals surface area contributed by atoms with Gasteiger partial charge in [-0.15, -0.1) is 11.6 Å². The van der Waals surface area contributed by atoms with E-state index in [1.807, 2.05) is 0 Å². The van der Waals surface area contributed by atoms with Gasteiger partial charge >= 0.3 is 0 Å². The van der Waals surface area contributed by atoms with E-state index >= 15 is 0 Å². The Morgan fingerprint density at radius 1 is 1.57 bits per heavy atom. The molecule has 0 saturated heterocycles. The maximum absolute atomic E-state index is 11.1. The number of phenolic OH excluding ortho intramolecular Hbond substituents is 1. The van der Waals surface area contributed by atoms with Crippen molar-refractivity contribution in [2.45, 2.75) is 12.3 Å². The third-order valence-corrected chi connectivity index (χ3v) is 2.40. The van der Waals surface area contributed by atoms with Gasteiger partial charge in [-0.1, -0.05) is 12.1 Å². The monoisotopic (exact) mass is 214 g/mol. The maximum atomic E-state index is 11.1. The van der Waals surface area contributed by atoms with Crippen LogP contribution in [0.25, 0.3) is 0 Å². The van der Waals surface area contributed by atoms with Gasteiger partial charge in [-0.2, -0.15) is 0 Å². The van der Waals surface area contributed by atoms with E-state index in [0.717, 1.165) is 0 Å². The Morgan fingerprint density at radius 3 is 2.71 bits per heavy atom. The third-order valence-electron chi connectivity index (χ3n) is 1.86. The van der Waals surface area contributed by atoms with E-state index in [4.69, 9.17) is 16.3 Å². The molecule has 0 spiro atoms. The first-order chi connectivity index (χ1) is 6.57. The van der Waals surface area contributed by atoms with Gasteiger partial charge in [0.1, 0.15) is 5.38 Å². The number of carbonyl (C=O) groups is 1. The van der Waals surface area contributed by atoms with Gasteiger partial charge in [0.15, 0.2) is 17.3 Å². The van der Waals surface area contributed by atoms with Crippen molar-refractivity contribution in [3.05, 3.63) is 23.8 Å². The number of benzene rings is 1. The number of para-hydroxylation sites is 1. The Kier molecular flexibility index (Phi) is 3.36. The first-order valence-corrected chi connectivity index (χ1v) is 4.52. The predicted octanol–water partition coefficient (Wildman–Crippen LogP) is 2.27.